The van der Waals surface area contributed by atoms with Gasteiger partial charge in [-0.2, -0.15) is 5.10 Å². The van der Waals surface area contributed by atoms with Gasteiger partial charge in [0.15, 0.2) is 10.6 Å². The molecule has 6 nitrogen and oxygen atoms in total. The molecule has 1 heterocycles. The summed E-state index contributed by atoms with van der Waals surface area (Å²) in [4.78, 5) is 12.3. The van der Waals surface area contributed by atoms with Crippen molar-refractivity contribution >= 4 is 18.1 Å². The first-order valence-electron chi connectivity index (χ1n) is 9.77. The number of amides is 1. The van der Waals surface area contributed by atoms with Crippen LogP contribution in [0.4, 0.5) is 0 Å². The van der Waals surface area contributed by atoms with Crippen molar-refractivity contribution in [2.24, 2.45) is 0 Å². The van der Waals surface area contributed by atoms with Crippen molar-refractivity contribution in [2.45, 2.75) is 33.2 Å². The van der Waals surface area contributed by atoms with Gasteiger partial charge in [0.05, 0.1) is 6.61 Å². The molecule has 0 saturated heterocycles. The lowest BCUT2D eigenvalue weighted by atomic mass is 10.1. The van der Waals surface area contributed by atoms with Gasteiger partial charge < -0.3 is 10.1 Å². The fraction of sp³-hybridized carbons (Fsp3) is 0.318. The molecule has 0 bridgehead atoms. The Bertz CT molecular complexity index is 1010. The van der Waals surface area contributed by atoms with Crippen LogP contribution in [-0.4, -0.2) is 33.8 Å². The van der Waals surface area contributed by atoms with E-state index < -0.39 is 0 Å². The van der Waals surface area contributed by atoms with Crippen LogP contribution < -0.4 is 10.1 Å². The maximum atomic E-state index is 12.3. The Labute approximate surface area is 175 Å². The van der Waals surface area contributed by atoms with Gasteiger partial charge in [0.25, 0.3) is 0 Å². The van der Waals surface area contributed by atoms with Gasteiger partial charge in [-0.3, -0.25) is 14.5 Å². The molecule has 0 spiro atoms. The van der Waals surface area contributed by atoms with Crippen molar-refractivity contribution in [3.63, 3.8) is 0 Å². The zero-order valence-corrected chi connectivity index (χ0v) is 17.6. The predicted molar refractivity (Wildman–Crippen MR) is 117 cm³/mol. The number of nitrogens with one attached hydrogen (secondary N) is 2. The molecule has 152 valence electrons. The number of benzene rings is 2. The van der Waals surface area contributed by atoms with Crippen LogP contribution in [0.1, 0.15) is 24.5 Å². The van der Waals surface area contributed by atoms with Crippen LogP contribution in [0.3, 0.4) is 0 Å². The van der Waals surface area contributed by atoms with E-state index in [1.165, 1.54) is 11.1 Å². The second-order valence-electron chi connectivity index (χ2n) is 6.80. The SMILES string of the molecule is CCOc1ccc(-c2n[nH]c(=S)n2CCC(=O)NCCc2cccc(C)c2)cc1. The van der Waals surface area contributed by atoms with Crippen LogP contribution >= 0.6 is 12.2 Å². The molecule has 0 aliphatic carbocycles. The van der Waals surface area contributed by atoms with Gasteiger partial charge in [0.1, 0.15) is 5.75 Å². The molecule has 3 rings (SSSR count). The Kier molecular flexibility index (Phi) is 7.19. The lowest BCUT2D eigenvalue weighted by Crippen LogP contribution is -2.26. The monoisotopic (exact) mass is 410 g/mol. The van der Waals surface area contributed by atoms with E-state index in [4.69, 9.17) is 17.0 Å². The molecule has 0 saturated carbocycles. The normalized spacial score (nSPS) is 10.7. The van der Waals surface area contributed by atoms with Crippen molar-refractivity contribution < 1.29 is 9.53 Å². The molecule has 0 fully saturated rings. The number of hydrogen-bond donors (Lipinski definition) is 2. The number of ether oxygens (including phenoxy) is 1. The quantitative estimate of drug-likeness (QED) is 0.522. The summed E-state index contributed by atoms with van der Waals surface area (Å²) in [5, 5.41) is 10.1. The highest BCUT2D eigenvalue weighted by molar-refractivity contribution is 7.71. The summed E-state index contributed by atoms with van der Waals surface area (Å²) in [6.45, 7) is 5.72. The Morgan fingerprint density at radius 3 is 2.76 bits per heavy atom. The van der Waals surface area contributed by atoms with Crippen molar-refractivity contribution in [3.8, 4) is 17.1 Å². The van der Waals surface area contributed by atoms with Crippen LogP contribution in [0.2, 0.25) is 0 Å². The van der Waals surface area contributed by atoms with Crippen molar-refractivity contribution in [3.05, 3.63) is 64.4 Å². The second-order valence-corrected chi connectivity index (χ2v) is 7.19. The van der Waals surface area contributed by atoms with Crippen molar-refractivity contribution in [1.82, 2.24) is 20.1 Å². The fourth-order valence-electron chi connectivity index (χ4n) is 3.13. The third kappa shape index (κ3) is 5.77. The lowest BCUT2D eigenvalue weighted by molar-refractivity contribution is -0.121. The molecule has 29 heavy (non-hydrogen) atoms. The number of carbonyl (C=O) groups is 1. The average Bonchev–Trinajstić information content (AvgIpc) is 3.08. The summed E-state index contributed by atoms with van der Waals surface area (Å²) in [6.07, 6.45) is 1.15. The number of H-pyrrole nitrogens is 1. The summed E-state index contributed by atoms with van der Waals surface area (Å²) in [5.41, 5.74) is 3.37. The number of carbonyl (C=O) groups excluding carboxylic acids is 1. The van der Waals surface area contributed by atoms with E-state index in [1.807, 2.05) is 41.8 Å². The van der Waals surface area contributed by atoms with Gasteiger partial charge in [-0.25, -0.2) is 0 Å². The number of nitrogens with zero attached hydrogens (tertiary/aromatic N) is 2. The molecule has 2 aromatic carbocycles. The van der Waals surface area contributed by atoms with Crippen molar-refractivity contribution in [1.29, 1.82) is 0 Å². The summed E-state index contributed by atoms with van der Waals surface area (Å²) in [5.74, 6) is 1.52. The molecular formula is C22H26N4O2S. The van der Waals surface area contributed by atoms with Gasteiger partial charge >= 0.3 is 0 Å². The molecule has 7 heteroatoms. The number of rotatable bonds is 9. The summed E-state index contributed by atoms with van der Waals surface area (Å²) in [7, 11) is 0. The van der Waals surface area contributed by atoms with Gasteiger partial charge in [-0.05, 0) is 62.3 Å². The van der Waals surface area contributed by atoms with Crippen LogP contribution in [0.5, 0.6) is 5.75 Å². The van der Waals surface area contributed by atoms with E-state index in [9.17, 15) is 4.79 Å². The van der Waals surface area contributed by atoms with Crippen LogP contribution in [-0.2, 0) is 17.8 Å². The predicted octanol–water partition coefficient (Wildman–Crippen LogP) is 4.06. The van der Waals surface area contributed by atoms with Crippen LogP contribution in [0.15, 0.2) is 48.5 Å². The zero-order valence-electron chi connectivity index (χ0n) is 16.8. The Morgan fingerprint density at radius 2 is 2.03 bits per heavy atom. The molecule has 0 radical (unpaired) electrons. The summed E-state index contributed by atoms with van der Waals surface area (Å²) >= 11 is 5.34. The highest BCUT2D eigenvalue weighted by Crippen LogP contribution is 2.21. The van der Waals surface area contributed by atoms with Gasteiger partial charge in [-0.15, -0.1) is 0 Å². The minimum Gasteiger partial charge on any atom is -0.494 e. The molecule has 0 aliphatic rings. The topological polar surface area (TPSA) is 71.9 Å². The van der Waals surface area contributed by atoms with Crippen LogP contribution in [0, 0.1) is 11.7 Å². The largest absolute Gasteiger partial charge is 0.494 e. The van der Waals surface area contributed by atoms with Crippen LogP contribution in [0.25, 0.3) is 11.4 Å². The molecule has 2 N–H and O–H groups in total. The molecule has 1 aromatic heterocycles. The van der Waals surface area contributed by atoms with Crippen molar-refractivity contribution in [2.75, 3.05) is 13.2 Å². The molecule has 3 aromatic rings. The van der Waals surface area contributed by atoms with E-state index in [2.05, 4.69) is 40.6 Å². The summed E-state index contributed by atoms with van der Waals surface area (Å²) < 4.78 is 7.83. The first kappa shape index (κ1) is 20.8. The highest BCUT2D eigenvalue weighted by Gasteiger charge is 2.11. The lowest BCUT2D eigenvalue weighted by Gasteiger charge is -2.09. The smallest absolute Gasteiger partial charge is 0.221 e. The maximum Gasteiger partial charge on any atom is 0.221 e. The van der Waals surface area contributed by atoms with Gasteiger partial charge in [-0.1, -0.05) is 29.8 Å². The molecular weight excluding hydrogens is 384 g/mol. The number of hydrogen-bond acceptors (Lipinski definition) is 4. The zero-order chi connectivity index (χ0) is 20.6. The highest BCUT2D eigenvalue weighted by atomic mass is 32.1. The molecule has 0 atom stereocenters. The third-order valence-corrected chi connectivity index (χ3v) is 4.87. The Balaban J connectivity index is 1.55. The fourth-order valence-corrected chi connectivity index (χ4v) is 3.35. The van der Waals surface area contributed by atoms with Gasteiger partial charge in [0.2, 0.25) is 5.91 Å². The Morgan fingerprint density at radius 1 is 1.24 bits per heavy atom. The van der Waals surface area contributed by atoms with E-state index in [1.54, 1.807) is 0 Å². The third-order valence-electron chi connectivity index (χ3n) is 4.56. The first-order chi connectivity index (χ1) is 14.1. The first-order valence-corrected chi connectivity index (χ1v) is 10.2. The number of aromatic amines is 1. The van der Waals surface area contributed by atoms with E-state index >= 15 is 0 Å². The minimum absolute atomic E-state index is 0.00148. The second kappa shape index (κ2) is 10.0. The molecule has 1 amide bonds. The average molecular weight is 411 g/mol. The maximum absolute atomic E-state index is 12.3. The van der Waals surface area contributed by atoms with E-state index in [0.29, 0.717) is 36.7 Å². The standard InChI is InChI=1S/C22H26N4O2S/c1-3-28-19-9-7-18(8-10-19)21-24-25-22(29)26(21)14-12-20(27)23-13-11-17-6-4-5-16(2)15-17/h4-10,15H,3,11-14H2,1-2H3,(H,23,27)(H,25,29). The molecule has 0 aliphatic heterocycles. The van der Waals surface area contributed by atoms with E-state index in [0.717, 1.165) is 17.7 Å². The summed E-state index contributed by atoms with van der Waals surface area (Å²) in [6, 6.07) is 16.0. The Hall–Kier alpha value is -2.93. The molecule has 0 unspecified atom stereocenters. The minimum atomic E-state index is -0.00148. The number of aryl methyl sites for hydroxylation is 1. The van der Waals surface area contributed by atoms with Gasteiger partial charge in [0, 0.05) is 25.1 Å². The van der Waals surface area contributed by atoms with E-state index in [-0.39, 0.29) is 5.91 Å². The number of aromatic nitrogens is 3.